The third kappa shape index (κ3) is 3.91. The number of hydrogen-bond donors (Lipinski definition) is 1. The Morgan fingerprint density at radius 2 is 2.21 bits per heavy atom. The Hall–Kier alpha value is -1.15. The number of rotatable bonds is 5. The molecule has 3 rings (SSSR count). The Morgan fingerprint density at radius 3 is 2.92 bits per heavy atom. The maximum Gasteiger partial charge on any atom is 0.248 e. The van der Waals surface area contributed by atoms with Crippen LogP contribution in [-0.2, 0) is 16.1 Å². The van der Waals surface area contributed by atoms with E-state index in [0.717, 1.165) is 32.6 Å². The highest BCUT2D eigenvalue weighted by Gasteiger charge is 2.45. The second-order valence-electron chi connectivity index (χ2n) is 6.80. The number of piperidine rings is 2. The molecule has 2 saturated heterocycles. The van der Waals surface area contributed by atoms with Gasteiger partial charge < -0.3 is 19.6 Å². The lowest BCUT2D eigenvalue weighted by molar-refractivity contribution is -0.150. The van der Waals surface area contributed by atoms with E-state index in [1.807, 2.05) is 15.8 Å². The zero-order valence-corrected chi connectivity index (χ0v) is 14.8. The molecule has 134 valence electrons. The van der Waals surface area contributed by atoms with Gasteiger partial charge in [-0.05, 0) is 12.8 Å². The first kappa shape index (κ1) is 17.7. The van der Waals surface area contributed by atoms with Crippen molar-refractivity contribution in [1.29, 1.82) is 0 Å². The molecule has 0 radical (unpaired) electrons. The predicted octanol–water partition coefficient (Wildman–Crippen LogP) is 0.468. The number of carbonyl (C=O) groups is 1. The summed E-state index contributed by atoms with van der Waals surface area (Å²) in [7, 11) is 1.53. The summed E-state index contributed by atoms with van der Waals surface area (Å²) in [4.78, 5) is 16.2. The summed E-state index contributed by atoms with van der Waals surface area (Å²) < 4.78 is 6.78. The van der Waals surface area contributed by atoms with Crippen molar-refractivity contribution in [2.75, 3.05) is 46.4 Å². The number of likely N-dealkylation sites (tertiary alicyclic amines) is 2. The Labute approximate surface area is 147 Å². The largest absolute Gasteiger partial charge is 0.389 e. The third-order valence-electron chi connectivity index (χ3n) is 5.22. The summed E-state index contributed by atoms with van der Waals surface area (Å²) in [6.45, 7) is 4.61. The molecule has 0 bridgehead atoms. The lowest BCUT2D eigenvalue weighted by atomic mass is 9.75. The SMILES string of the molecule is COCC(=O)N1CC[C@@]2(O)CCN(CCn3cc(Cl)cn3)C[C@H]2C1. The molecule has 0 saturated carbocycles. The Morgan fingerprint density at radius 1 is 1.42 bits per heavy atom. The Balaban J connectivity index is 1.56. The maximum atomic E-state index is 12.1. The molecule has 2 aliphatic heterocycles. The number of amides is 1. The van der Waals surface area contributed by atoms with Gasteiger partial charge in [0.25, 0.3) is 0 Å². The van der Waals surface area contributed by atoms with Crippen LogP contribution in [0.2, 0.25) is 5.02 Å². The van der Waals surface area contributed by atoms with Gasteiger partial charge in [0, 0.05) is 51.9 Å². The normalized spacial score (nSPS) is 28.0. The van der Waals surface area contributed by atoms with E-state index in [9.17, 15) is 9.90 Å². The summed E-state index contributed by atoms with van der Waals surface area (Å²) in [5.74, 6) is 0.0878. The minimum Gasteiger partial charge on any atom is -0.389 e. The van der Waals surface area contributed by atoms with Crippen LogP contribution in [0.15, 0.2) is 12.4 Å². The zero-order valence-electron chi connectivity index (χ0n) is 14.0. The van der Waals surface area contributed by atoms with Gasteiger partial charge in [0.1, 0.15) is 6.61 Å². The van der Waals surface area contributed by atoms with Crippen molar-refractivity contribution < 1.29 is 14.6 Å². The molecule has 1 aromatic heterocycles. The minimum absolute atomic E-state index is 0.00264. The van der Waals surface area contributed by atoms with Gasteiger partial charge in [-0.2, -0.15) is 5.10 Å². The topological polar surface area (TPSA) is 70.8 Å². The van der Waals surface area contributed by atoms with Gasteiger partial charge in [-0.1, -0.05) is 11.6 Å². The molecule has 2 fully saturated rings. The lowest BCUT2D eigenvalue weighted by Gasteiger charge is -2.50. The predicted molar refractivity (Wildman–Crippen MR) is 89.8 cm³/mol. The fraction of sp³-hybridized carbons (Fsp3) is 0.750. The molecule has 2 atom stereocenters. The van der Waals surface area contributed by atoms with Crippen LogP contribution in [-0.4, -0.2) is 82.6 Å². The highest BCUT2D eigenvalue weighted by molar-refractivity contribution is 6.30. The second-order valence-corrected chi connectivity index (χ2v) is 7.23. The molecular formula is C16H25ClN4O3. The van der Waals surface area contributed by atoms with Crippen LogP contribution in [0.25, 0.3) is 0 Å². The van der Waals surface area contributed by atoms with E-state index in [2.05, 4.69) is 10.00 Å². The molecule has 1 N–H and O–H groups in total. The Kier molecular flexibility index (Phi) is 5.44. The molecule has 2 aliphatic rings. The number of hydrogen-bond acceptors (Lipinski definition) is 5. The van der Waals surface area contributed by atoms with Crippen LogP contribution in [0, 0.1) is 5.92 Å². The molecule has 24 heavy (non-hydrogen) atoms. The van der Waals surface area contributed by atoms with E-state index in [0.29, 0.717) is 24.5 Å². The average molecular weight is 357 g/mol. The van der Waals surface area contributed by atoms with E-state index < -0.39 is 5.60 Å². The summed E-state index contributed by atoms with van der Waals surface area (Å²) in [6, 6.07) is 0. The number of aromatic nitrogens is 2. The summed E-state index contributed by atoms with van der Waals surface area (Å²) in [5, 5.41) is 15.7. The smallest absolute Gasteiger partial charge is 0.248 e. The molecule has 0 aromatic carbocycles. The van der Waals surface area contributed by atoms with Gasteiger partial charge in [-0.3, -0.25) is 9.48 Å². The molecular weight excluding hydrogens is 332 g/mol. The lowest BCUT2D eigenvalue weighted by Crippen LogP contribution is -2.61. The number of fused-ring (bicyclic) bond motifs is 1. The van der Waals surface area contributed by atoms with E-state index in [1.165, 1.54) is 7.11 Å². The fourth-order valence-corrected chi connectivity index (χ4v) is 3.88. The molecule has 3 heterocycles. The number of ether oxygens (including phenoxy) is 1. The number of nitrogens with zero attached hydrogens (tertiary/aromatic N) is 4. The molecule has 0 aliphatic carbocycles. The van der Waals surface area contributed by atoms with Crippen molar-refractivity contribution in [3.05, 3.63) is 17.4 Å². The first-order valence-corrected chi connectivity index (χ1v) is 8.77. The van der Waals surface area contributed by atoms with Crippen LogP contribution in [0.1, 0.15) is 12.8 Å². The van der Waals surface area contributed by atoms with Crippen molar-refractivity contribution in [1.82, 2.24) is 19.6 Å². The highest BCUT2D eigenvalue weighted by Crippen LogP contribution is 2.35. The number of methoxy groups -OCH3 is 1. The first-order valence-electron chi connectivity index (χ1n) is 8.39. The van der Waals surface area contributed by atoms with Crippen molar-refractivity contribution in [3.63, 3.8) is 0 Å². The van der Waals surface area contributed by atoms with Crippen LogP contribution in [0.4, 0.5) is 0 Å². The highest BCUT2D eigenvalue weighted by atomic mass is 35.5. The molecule has 1 aromatic rings. The van der Waals surface area contributed by atoms with E-state index >= 15 is 0 Å². The van der Waals surface area contributed by atoms with E-state index in [4.69, 9.17) is 16.3 Å². The molecule has 7 nitrogen and oxygen atoms in total. The molecule has 0 unspecified atom stereocenters. The van der Waals surface area contributed by atoms with Crippen LogP contribution >= 0.6 is 11.6 Å². The Bertz CT molecular complexity index is 581. The summed E-state index contributed by atoms with van der Waals surface area (Å²) in [5.41, 5.74) is -0.643. The van der Waals surface area contributed by atoms with Gasteiger partial charge in [-0.15, -0.1) is 0 Å². The van der Waals surface area contributed by atoms with E-state index in [1.54, 1.807) is 6.20 Å². The van der Waals surface area contributed by atoms with Crippen molar-refractivity contribution in [3.8, 4) is 0 Å². The standard InChI is InChI=1S/C16H25ClN4O3/c1-24-12-15(22)20-5-3-16(23)2-4-19(9-13(16)10-20)6-7-21-11-14(17)8-18-21/h8,11,13,23H,2-7,9-10,12H2,1H3/t13-,16-/m0/s1. The van der Waals surface area contributed by atoms with Crippen LogP contribution in [0.5, 0.6) is 0 Å². The number of carbonyl (C=O) groups excluding carboxylic acids is 1. The fourth-order valence-electron chi connectivity index (χ4n) is 3.72. The molecule has 1 amide bonds. The third-order valence-corrected chi connectivity index (χ3v) is 5.42. The van der Waals surface area contributed by atoms with Gasteiger partial charge in [0.2, 0.25) is 5.91 Å². The monoisotopic (exact) mass is 356 g/mol. The van der Waals surface area contributed by atoms with Crippen LogP contribution < -0.4 is 0 Å². The summed E-state index contributed by atoms with van der Waals surface area (Å²) in [6.07, 6.45) is 4.85. The van der Waals surface area contributed by atoms with Crippen molar-refractivity contribution in [2.45, 2.75) is 25.0 Å². The maximum absolute atomic E-state index is 12.1. The quantitative estimate of drug-likeness (QED) is 0.830. The zero-order chi connectivity index (χ0) is 17.2. The van der Waals surface area contributed by atoms with E-state index in [-0.39, 0.29) is 18.4 Å². The summed E-state index contributed by atoms with van der Waals surface area (Å²) >= 11 is 5.89. The molecule has 8 heteroatoms. The van der Waals surface area contributed by atoms with Gasteiger partial charge >= 0.3 is 0 Å². The number of aliphatic hydroxyl groups is 1. The number of halogens is 1. The van der Waals surface area contributed by atoms with Gasteiger partial charge in [0.15, 0.2) is 0 Å². The second kappa shape index (κ2) is 7.39. The molecule has 0 spiro atoms. The van der Waals surface area contributed by atoms with Crippen molar-refractivity contribution >= 4 is 17.5 Å². The average Bonchev–Trinajstić information content (AvgIpc) is 2.98. The van der Waals surface area contributed by atoms with Crippen LogP contribution in [0.3, 0.4) is 0 Å². The van der Waals surface area contributed by atoms with Gasteiger partial charge in [0.05, 0.1) is 23.4 Å². The van der Waals surface area contributed by atoms with Crippen molar-refractivity contribution in [2.24, 2.45) is 5.92 Å². The first-order chi connectivity index (χ1) is 11.5. The minimum atomic E-state index is -0.643. The van der Waals surface area contributed by atoms with Gasteiger partial charge in [-0.25, -0.2) is 0 Å².